The standard InChI is InChI=1S/C16H21N3OS/c1-11-8-12(2)10-14(9-11)19-7-6-17-16(19)21-13(3)15(20)18(4)5/h6-10,13H,1-5H3. The topological polar surface area (TPSA) is 38.1 Å². The molecule has 1 amide bonds. The maximum Gasteiger partial charge on any atom is 0.235 e. The highest BCUT2D eigenvalue weighted by molar-refractivity contribution is 8.00. The van der Waals surface area contributed by atoms with Gasteiger partial charge in [-0.1, -0.05) is 17.8 Å². The van der Waals surface area contributed by atoms with E-state index in [0.717, 1.165) is 10.8 Å². The van der Waals surface area contributed by atoms with E-state index in [1.807, 2.05) is 17.7 Å². The molecule has 0 aliphatic heterocycles. The fourth-order valence-corrected chi connectivity index (χ4v) is 3.26. The van der Waals surface area contributed by atoms with Crippen molar-refractivity contribution in [1.82, 2.24) is 14.5 Å². The van der Waals surface area contributed by atoms with Crippen molar-refractivity contribution in [2.24, 2.45) is 0 Å². The van der Waals surface area contributed by atoms with Gasteiger partial charge >= 0.3 is 0 Å². The van der Waals surface area contributed by atoms with Crippen molar-refractivity contribution in [3.8, 4) is 5.69 Å². The fourth-order valence-electron chi connectivity index (χ4n) is 2.24. The summed E-state index contributed by atoms with van der Waals surface area (Å²) in [5.41, 5.74) is 3.51. The Morgan fingerprint density at radius 1 is 1.24 bits per heavy atom. The second kappa shape index (κ2) is 6.35. The largest absolute Gasteiger partial charge is 0.348 e. The van der Waals surface area contributed by atoms with Gasteiger partial charge in [0.25, 0.3) is 0 Å². The molecule has 0 radical (unpaired) electrons. The smallest absolute Gasteiger partial charge is 0.235 e. The maximum absolute atomic E-state index is 12.0. The molecular weight excluding hydrogens is 282 g/mol. The van der Waals surface area contributed by atoms with Gasteiger partial charge in [-0.3, -0.25) is 9.36 Å². The van der Waals surface area contributed by atoms with Crippen LogP contribution < -0.4 is 0 Å². The highest BCUT2D eigenvalue weighted by Gasteiger charge is 2.19. The predicted molar refractivity (Wildman–Crippen MR) is 87.1 cm³/mol. The van der Waals surface area contributed by atoms with E-state index < -0.39 is 0 Å². The Hall–Kier alpha value is -1.75. The normalized spacial score (nSPS) is 12.2. The minimum atomic E-state index is -0.160. The van der Waals surface area contributed by atoms with Crippen LogP contribution in [0, 0.1) is 13.8 Å². The van der Waals surface area contributed by atoms with Gasteiger partial charge in [0.05, 0.1) is 5.25 Å². The van der Waals surface area contributed by atoms with Crippen molar-refractivity contribution in [1.29, 1.82) is 0 Å². The zero-order chi connectivity index (χ0) is 15.6. The number of amides is 1. The first kappa shape index (κ1) is 15.6. The number of carbonyl (C=O) groups excluding carboxylic acids is 1. The minimum Gasteiger partial charge on any atom is -0.348 e. The lowest BCUT2D eigenvalue weighted by Gasteiger charge is -2.17. The van der Waals surface area contributed by atoms with Crippen LogP contribution in [0.5, 0.6) is 0 Å². The van der Waals surface area contributed by atoms with Gasteiger partial charge in [0.1, 0.15) is 0 Å². The molecule has 1 heterocycles. The van der Waals surface area contributed by atoms with Gasteiger partial charge in [0, 0.05) is 32.2 Å². The van der Waals surface area contributed by atoms with Crippen LogP contribution in [0.4, 0.5) is 0 Å². The molecule has 1 atom stereocenters. The van der Waals surface area contributed by atoms with Gasteiger partial charge in [0.2, 0.25) is 5.91 Å². The lowest BCUT2D eigenvalue weighted by atomic mass is 10.1. The van der Waals surface area contributed by atoms with E-state index in [1.165, 1.54) is 22.9 Å². The SMILES string of the molecule is Cc1cc(C)cc(-n2ccnc2SC(C)C(=O)N(C)C)c1. The molecule has 0 saturated heterocycles. The number of nitrogens with zero attached hydrogens (tertiary/aromatic N) is 3. The average Bonchev–Trinajstić information content (AvgIpc) is 2.84. The van der Waals surface area contributed by atoms with E-state index in [1.54, 1.807) is 25.2 Å². The van der Waals surface area contributed by atoms with E-state index >= 15 is 0 Å². The lowest BCUT2D eigenvalue weighted by Crippen LogP contribution is -2.29. The molecule has 0 saturated carbocycles. The van der Waals surface area contributed by atoms with E-state index in [4.69, 9.17) is 0 Å². The van der Waals surface area contributed by atoms with Gasteiger partial charge in [-0.15, -0.1) is 0 Å². The number of aromatic nitrogens is 2. The van der Waals surface area contributed by atoms with Crippen LogP contribution in [0.25, 0.3) is 5.69 Å². The number of thioether (sulfide) groups is 1. The molecule has 0 aliphatic rings. The van der Waals surface area contributed by atoms with Crippen LogP contribution in [0.15, 0.2) is 35.7 Å². The summed E-state index contributed by atoms with van der Waals surface area (Å²) in [5, 5.41) is 0.676. The zero-order valence-corrected chi connectivity index (χ0v) is 13.9. The van der Waals surface area contributed by atoms with Crippen LogP contribution in [0.1, 0.15) is 18.1 Å². The highest BCUT2D eigenvalue weighted by atomic mass is 32.2. The number of hydrogen-bond acceptors (Lipinski definition) is 3. The lowest BCUT2D eigenvalue weighted by molar-refractivity contribution is -0.127. The number of rotatable bonds is 4. The van der Waals surface area contributed by atoms with Gasteiger partial charge in [0.15, 0.2) is 5.16 Å². The molecule has 1 aromatic carbocycles. The Bertz CT molecular complexity index is 628. The van der Waals surface area contributed by atoms with E-state index in [-0.39, 0.29) is 11.2 Å². The molecule has 112 valence electrons. The molecule has 1 aromatic heterocycles. The summed E-state index contributed by atoms with van der Waals surface area (Å²) in [6, 6.07) is 6.39. The Morgan fingerprint density at radius 3 is 2.43 bits per heavy atom. The molecular formula is C16H21N3OS. The molecule has 0 fully saturated rings. The molecule has 0 bridgehead atoms. The molecule has 0 aliphatic carbocycles. The summed E-state index contributed by atoms with van der Waals surface area (Å²) in [6.07, 6.45) is 3.70. The molecule has 5 heteroatoms. The van der Waals surface area contributed by atoms with Crippen LogP contribution >= 0.6 is 11.8 Å². The predicted octanol–water partition coefficient (Wildman–Crippen LogP) is 3.06. The second-order valence-electron chi connectivity index (χ2n) is 5.42. The molecule has 21 heavy (non-hydrogen) atoms. The fraction of sp³-hybridized carbons (Fsp3) is 0.375. The van der Waals surface area contributed by atoms with Crippen LogP contribution in [0.2, 0.25) is 0 Å². The first-order valence-electron chi connectivity index (χ1n) is 6.88. The number of carbonyl (C=O) groups is 1. The summed E-state index contributed by atoms with van der Waals surface area (Å²) >= 11 is 1.48. The number of hydrogen-bond donors (Lipinski definition) is 0. The Balaban J connectivity index is 2.28. The third kappa shape index (κ3) is 3.67. The molecule has 2 rings (SSSR count). The van der Waals surface area contributed by atoms with Crippen molar-refractivity contribution < 1.29 is 4.79 Å². The van der Waals surface area contributed by atoms with Gasteiger partial charge in [-0.2, -0.15) is 0 Å². The molecule has 2 aromatic rings. The van der Waals surface area contributed by atoms with Crippen molar-refractivity contribution in [2.75, 3.05) is 14.1 Å². The summed E-state index contributed by atoms with van der Waals surface area (Å²) in [4.78, 5) is 18.0. The van der Waals surface area contributed by atoms with E-state index in [9.17, 15) is 4.79 Å². The average molecular weight is 303 g/mol. The molecule has 0 spiro atoms. The summed E-state index contributed by atoms with van der Waals surface area (Å²) in [7, 11) is 3.55. The van der Waals surface area contributed by atoms with Crippen LogP contribution in [-0.2, 0) is 4.79 Å². The Kier molecular flexibility index (Phi) is 4.73. The summed E-state index contributed by atoms with van der Waals surface area (Å²) in [5.74, 6) is 0.0926. The maximum atomic E-state index is 12.0. The summed E-state index contributed by atoms with van der Waals surface area (Å²) in [6.45, 7) is 6.07. The third-order valence-electron chi connectivity index (χ3n) is 3.16. The summed E-state index contributed by atoms with van der Waals surface area (Å²) < 4.78 is 2.03. The molecule has 1 unspecified atom stereocenters. The van der Waals surface area contributed by atoms with Gasteiger partial charge in [-0.25, -0.2) is 4.98 Å². The monoisotopic (exact) mass is 303 g/mol. The van der Waals surface area contributed by atoms with Gasteiger partial charge in [-0.05, 0) is 44.0 Å². The van der Waals surface area contributed by atoms with Crippen molar-refractivity contribution in [2.45, 2.75) is 31.2 Å². The quantitative estimate of drug-likeness (QED) is 0.815. The van der Waals surface area contributed by atoms with Crippen molar-refractivity contribution in [3.05, 3.63) is 41.7 Å². The minimum absolute atomic E-state index is 0.0926. The number of benzene rings is 1. The van der Waals surface area contributed by atoms with E-state index in [0.29, 0.717) is 0 Å². The van der Waals surface area contributed by atoms with Crippen molar-refractivity contribution >= 4 is 17.7 Å². The number of aryl methyl sites for hydroxylation is 2. The highest BCUT2D eigenvalue weighted by Crippen LogP contribution is 2.26. The van der Waals surface area contributed by atoms with E-state index in [2.05, 4.69) is 37.0 Å². The zero-order valence-electron chi connectivity index (χ0n) is 13.1. The Morgan fingerprint density at radius 2 is 1.86 bits per heavy atom. The number of imidazole rings is 1. The van der Waals surface area contributed by atoms with Crippen LogP contribution in [-0.4, -0.2) is 39.7 Å². The van der Waals surface area contributed by atoms with Crippen LogP contribution in [0.3, 0.4) is 0 Å². The first-order chi connectivity index (χ1) is 9.88. The first-order valence-corrected chi connectivity index (χ1v) is 7.76. The van der Waals surface area contributed by atoms with Gasteiger partial charge < -0.3 is 4.90 Å². The Labute approximate surface area is 130 Å². The molecule has 4 nitrogen and oxygen atoms in total. The molecule has 0 N–H and O–H groups in total. The van der Waals surface area contributed by atoms with Crippen molar-refractivity contribution in [3.63, 3.8) is 0 Å². The third-order valence-corrected chi connectivity index (χ3v) is 4.23. The second-order valence-corrected chi connectivity index (χ2v) is 6.73.